The van der Waals surface area contributed by atoms with Gasteiger partial charge in [-0.2, -0.15) is 0 Å². The molecule has 1 unspecified atom stereocenters. The highest BCUT2D eigenvalue weighted by Crippen LogP contribution is 2.45. The molecule has 0 saturated carbocycles. The van der Waals surface area contributed by atoms with Crippen LogP contribution in [0, 0.1) is 5.92 Å². The number of rotatable bonds is 12. The van der Waals surface area contributed by atoms with E-state index >= 15 is 0 Å². The van der Waals surface area contributed by atoms with Gasteiger partial charge in [0.1, 0.15) is 5.76 Å². The van der Waals surface area contributed by atoms with E-state index in [2.05, 4.69) is 24.0 Å². The number of carbonyl (C=O) groups is 2. The van der Waals surface area contributed by atoms with E-state index < -0.39 is 17.7 Å². The van der Waals surface area contributed by atoms with Gasteiger partial charge in [-0.25, -0.2) is 0 Å². The fourth-order valence-electron chi connectivity index (χ4n) is 4.68. The average molecular weight is 685 g/mol. The number of aliphatic hydroxyl groups is 1. The van der Waals surface area contributed by atoms with Crippen LogP contribution in [0.15, 0.2) is 76.6 Å². The van der Waals surface area contributed by atoms with Gasteiger partial charge in [0.05, 0.1) is 24.8 Å². The summed E-state index contributed by atoms with van der Waals surface area (Å²) in [5.41, 5.74) is 1.85. The van der Waals surface area contributed by atoms with Gasteiger partial charge in [0.2, 0.25) is 5.13 Å². The zero-order chi connectivity index (χ0) is 32.1. The van der Waals surface area contributed by atoms with E-state index in [0.717, 1.165) is 12.0 Å². The summed E-state index contributed by atoms with van der Waals surface area (Å²) in [7, 11) is 0. The molecule has 12 heteroatoms. The molecule has 0 aliphatic carbocycles. The highest BCUT2D eigenvalue weighted by Gasteiger charge is 2.48. The maximum absolute atomic E-state index is 13.7. The van der Waals surface area contributed by atoms with Gasteiger partial charge in [-0.1, -0.05) is 78.3 Å². The molecule has 4 aromatic rings. The van der Waals surface area contributed by atoms with Crippen molar-refractivity contribution in [2.24, 2.45) is 5.92 Å². The minimum absolute atomic E-state index is 0.0798. The van der Waals surface area contributed by atoms with Crippen molar-refractivity contribution in [1.82, 2.24) is 10.2 Å². The van der Waals surface area contributed by atoms with Crippen LogP contribution in [0.1, 0.15) is 49.9 Å². The first kappa shape index (κ1) is 32.8. The number of carbonyl (C=O) groups excluding carboxylic acids is 2. The zero-order valence-corrected chi connectivity index (χ0v) is 28.0. The Morgan fingerprint density at radius 1 is 0.978 bits per heavy atom. The van der Waals surface area contributed by atoms with Crippen molar-refractivity contribution in [2.45, 2.75) is 43.3 Å². The van der Waals surface area contributed by atoms with Crippen molar-refractivity contribution in [1.29, 1.82) is 0 Å². The second kappa shape index (κ2) is 14.7. The van der Waals surface area contributed by atoms with E-state index in [1.807, 2.05) is 31.2 Å². The third kappa shape index (κ3) is 7.64. The van der Waals surface area contributed by atoms with Crippen molar-refractivity contribution in [3.05, 3.63) is 99.0 Å². The number of aliphatic hydroxyl groups excluding tert-OH is 1. The number of ether oxygens (including phenoxy) is 2. The highest BCUT2D eigenvalue weighted by molar-refractivity contribution is 8.00. The summed E-state index contributed by atoms with van der Waals surface area (Å²) in [4.78, 5) is 28.6. The molecule has 0 spiro atoms. The van der Waals surface area contributed by atoms with Gasteiger partial charge in [0.15, 0.2) is 15.8 Å². The molecule has 1 saturated heterocycles. The van der Waals surface area contributed by atoms with E-state index in [4.69, 9.17) is 32.7 Å². The number of hydrogen-bond donors (Lipinski definition) is 1. The molecule has 234 valence electrons. The molecule has 1 aliphatic heterocycles. The van der Waals surface area contributed by atoms with E-state index in [0.29, 0.717) is 61.9 Å². The van der Waals surface area contributed by atoms with Crippen molar-refractivity contribution < 1.29 is 24.2 Å². The molecule has 0 radical (unpaired) electrons. The maximum Gasteiger partial charge on any atom is 0.301 e. The molecule has 45 heavy (non-hydrogen) atoms. The lowest BCUT2D eigenvalue weighted by molar-refractivity contribution is -0.132. The second-order valence-corrected chi connectivity index (χ2v) is 13.7. The lowest BCUT2D eigenvalue weighted by atomic mass is 9.95. The van der Waals surface area contributed by atoms with Crippen LogP contribution in [0.25, 0.3) is 5.76 Å². The molecule has 1 N–H and O–H groups in total. The standard InChI is InChI=1S/C33H31Cl2N3O5S2/c1-4-42-26-17-22(9-14-25(26)43-16-15-19(2)3)28-27(29(39)21-7-12-24(35)13-8-21)30(40)31(41)38(28)32-36-37-33(45-32)44-18-20-5-10-23(34)11-6-20/h5-14,17,19,28,39H,4,15-16,18H2,1-3H3. The number of anilines is 1. The average Bonchev–Trinajstić information content (AvgIpc) is 3.59. The van der Waals surface area contributed by atoms with Crippen molar-refractivity contribution in [2.75, 3.05) is 18.1 Å². The molecule has 3 aromatic carbocycles. The number of Topliss-reactive ketones (excluding diaryl/α,β-unsaturated/α-hetero) is 1. The van der Waals surface area contributed by atoms with Crippen LogP contribution >= 0.6 is 46.3 Å². The topological polar surface area (TPSA) is 102 Å². The number of benzene rings is 3. The number of aromatic nitrogens is 2. The molecular weight excluding hydrogens is 653 g/mol. The summed E-state index contributed by atoms with van der Waals surface area (Å²) in [6.45, 7) is 6.98. The number of ketones is 1. The Labute approximate surface area is 280 Å². The smallest absolute Gasteiger partial charge is 0.301 e. The lowest BCUT2D eigenvalue weighted by Gasteiger charge is -2.24. The summed E-state index contributed by atoms with van der Waals surface area (Å²) in [5, 5.41) is 21.4. The van der Waals surface area contributed by atoms with Crippen molar-refractivity contribution in [3.8, 4) is 11.5 Å². The number of halogens is 2. The quantitative estimate of drug-likeness (QED) is 0.0521. The second-order valence-electron chi connectivity index (χ2n) is 10.6. The SMILES string of the molecule is CCOc1cc(C2C(=C(O)c3ccc(Cl)cc3)C(=O)C(=O)N2c2nnc(SCc3ccc(Cl)cc3)s2)ccc1OCCC(C)C. The highest BCUT2D eigenvalue weighted by atomic mass is 35.5. The number of nitrogens with zero attached hydrogens (tertiary/aromatic N) is 3. The van der Waals surface area contributed by atoms with Crippen molar-refractivity contribution >= 4 is 68.9 Å². The van der Waals surface area contributed by atoms with Gasteiger partial charge in [-0.05, 0) is 78.9 Å². The predicted octanol–water partition coefficient (Wildman–Crippen LogP) is 8.59. The zero-order valence-electron chi connectivity index (χ0n) is 24.8. The Hall–Kier alpha value is -3.57. The first-order valence-electron chi connectivity index (χ1n) is 14.3. The summed E-state index contributed by atoms with van der Waals surface area (Å²) in [5.74, 6) is 0.105. The first-order chi connectivity index (χ1) is 21.7. The Morgan fingerprint density at radius 2 is 1.67 bits per heavy atom. The predicted molar refractivity (Wildman–Crippen MR) is 180 cm³/mol. The van der Waals surface area contributed by atoms with Gasteiger partial charge in [0, 0.05) is 21.4 Å². The molecule has 1 atom stereocenters. The van der Waals surface area contributed by atoms with E-state index in [1.54, 1.807) is 42.5 Å². The van der Waals surface area contributed by atoms with Crippen LogP contribution in [0.2, 0.25) is 10.0 Å². The summed E-state index contributed by atoms with van der Waals surface area (Å²) < 4.78 is 12.6. The van der Waals surface area contributed by atoms with Crippen LogP contribution < -0.4 is 14.4 Å². The van der Waals surface area contributed by atoms with Crippen LogP contribution in [-0.4, -0.2) is 40.2 Å². The Balaban J connectivity index is 1.55. The lowest BCUT2D eigenvalue weighted by Crippen LogP contribution is -2.29. The first-order valence-corrected chi connectivity index (χ1v) is 16.9. The van der Waals surface area contributed by atoms with Gasteiger partial charge in [0.25, 0.3) is 5.78 Å². The van der Waals surface area contributed by atoms with Gasteiger partial charge in [-0.15, -0.1) is 10.2 Å². The summed E-state index contributed by atoms with van der Waals surface area (Å²) in [6, 6.07) is 18.2. The van der Waals surface area contributed by atoms with Crippen LogP contribution in [0.5, 0.6) is 11.5 Å². The maximum atomic E-state index is 13.7. The molecule has 2 heterocycles. The molecule has 5 rings (SSSR count). The van der Waals surface area contributed by atoms with E-state index in [-0.39, 0.29) is 16.5 Å². The number of hydrogen-bond acceptors (Lipinski definition) is 9. The Bertz CT molecular complexity index is 1710. The molecule has 1 fully saturated rings. The fraction of sp³-hybridized carbons (Fsp3) is 0.273. The fourth-order valence-corrected chi connectivity index (χ4v) is 6.75. The summed E-state index contributed by atoms with van der Waals surface area (Å²) >= 11 is 14.7. The molecular formula is C33H31Cl2N3O5S2. The van der Waals surface area contributed by atoms with Gasteiger partial charge in [-0.3, -0.25) is 14.5 Å². The number of thioether (sulfide) groups is 1. The minimum atomic E-state index is -1.01. The molecule has 1 aliphatic rings. The van der Waals surface area contributed by atoms with Crippen molar-refractivity contribution in [3.63, 3.8) is 0 Å². The normalized spacial score (nSPS) is 16.0. The number of amides is 1. The largest absolute Gasteiger partial charge is 0.507 e. The monoisotopic (exact) mass is 683 g/mol. The molecule has 1 aromatic heterocycles. The third-order valence-electron chi connectivity index (χ3n) is 6.98. The van der Waals surface area contributed by atoms with Gasteiger partial charge < -0.3 is 14.6 Å². The third-order valence-corrected chi connectivity index (χ3v) is 9.61. The Kier molecular flexibility index (Phi) is 10.7. The van der Waals surface area contributed by atoms with Gasteiger partial charge >= 0.3 is 5.91 Å². The van der Waals surface area contributed by atoms with Crippen LogP contribution in [-0.2, 0) is 15.3 Å². The molecule has 0 bridgehead atoms. The van der Waals surface area contributed by atoms with Crippen LogP contribution in [0.4, 0.5) is 5.13 Å². The molecule has 1 amide bonds. The molecule has 8 nitrogen and oxygen atoms in total. The van der Waals surface area contributed by atoms with E-state index in [9.17, 15) is 14.7 Å². The van der Waals surface area contributed by atoms with Crippen LogP contribution in [0.3, 0.4) is 0 Å². The summed E-state index contributed by atoms with van der Waals surface area (Å²) in [6.07, 6.45) is 0.865. The minimum Gasteiger partial charge on any atom is -0.507 e. The Morgan fingerprint density at radius 3 is 2.33 bits per heavy atom. The van der Waals surface area contributed by atoms with E-state index in [1.165, 1.54) is 28.0 Å².